The highest BCUT2D eigenvalue weighted by Crippen LogP contribution is 2.27. The Morgan fingerprint density at radius 2 is 1.00 bits per heavy atom. The molecule has 0 fully saturated rings. The third-order valence-corrected chi connectivity index (χ3v) is 3.75. The summed E-state index contributed by atoms with van der Waals surface area (Å²) >= 11 is 0. The summed E-state index contributed by atoms with van der Waals surface area (Å²) in [7, 11) is -9.74. The van der Waals surface area contributed by atoms with Gasteiger partial charge in [0.2, 0.25) is 0 Å². The van der Waals surface area contributed by atoms with E-state index in [0.29, 0.717) is 15.0 Å². The van der Waals surface area contributed by atoms with E-state index in [2.05, 4.69) is 41.5 Å². The number of hydrogen-bond acceptors (Lipinski definition) is 4. The van der Waals surface area contributed by atoms with Crippen LogP contribution in [-0.2, 0) is 20.6 Å². The number of rotatable bonds is 4. The second-order valence-corrected chi connectivity index (χ2v) is 9.58. The van der Waals surface area contributed by atoms with Gasteiger partial charge < -0.3 is 0 Å². The molecule has 0 aliphatic rings. The summed E-state index contributed by atoms with van der Waals surface area (Å²) in [6.45, 7) is 13.9. The Hall–Kier alpha value is -0.220. The predicted molar refractivity (Wildman–Crippen MR) is 79.0 cm³/mol. The molecule has 124 valence electrons. The fourth-order valence-corrected chi connectivity index (χ4v) is 2.35. The Balaban J connectivity index is 0. The molecule has 0 aromatic heterocycles. The zero-order chi connectivity index (χ0) is 16.8. The highest BCUT2D eigenvalue weighted by atomic mass is 32.3. The summed E-state index contributed by atoms with van der Waals surface area (Å²) in [4.78, 5) is 0. The third kappa shape index (κ3) is 26.4. The molecular formula is C11H27NO6S2. The minimum Gasteiger partial charge on any atom is -0.273 e. The molecule has 9 heteroatoms. The Labute approximate surface area is 122 Å². The molecule has 0 radical (unpaired) electrons. The highest BCUT2D eigenvalue weighted by molar-refractivity contribution is 7.99. The van der Waals surface area contributed by atoms with Gasteiger partial charge in [-0.2, -0.15) is 16.8 Å². The molecule has 0 rings (SSSR count). The molecule has 3 N–H and O–H groups in total. The van der Waals surface area contributed by atoms with Crippen LogP contribution in [0.4, 0.5) is 0 Å². The smallest absolute Gasteiger partial charge is 0.273 e. The van der Waals surface area contributed by atoms with Crippen LogP contribution in [0.3, 0.4) is 0 Å². The van der Waals surface area contributed by atoms with Crippen molar-refractivity contribution >= 4 is 20.6 Å². The molecular weight excluding hydrogens is 306 g/mol. The molecule has 0 spiro atoms. The normalized spacial score (nSPS) is 13.6. The van der Waals surface area contributed by atoms with Crippen LogP contribution in [0, 0.1) is 10.8 Å². The van der Waals surface area contributed by atoms with Gasteiger partial charge in [-0.05, 0) is 23.7 Å². The van der Waals surface area contributed by atoms with Crippen molar-refractivity contribution in [1.29, 1.82) is 0 Å². The first-order chi connectivity index (χ1) is 8.41. The van der Waals surface area contributed by atoms with Crippen molar-refractivity contribution in [3.8, 4) is 0 Å². The molecule has 20 heavy (non-hydrogen) atoms. The maximum absolute atomic E-state index is 9.55. The Morgan fingerprint density at radius 3 is 1.10 bits per heavy atom. The quantitative estimate of drug-likeness (QED) is 0.679. The van der Waals surface area contributed by atoms with Crippen LogP contribution in [0.15, 0.2) is 0 Å². The van der Waals surface area contributed by atoms with Gasteiger partial charge in [0.05, 0.1) is 0 Å². The van der Waals surface area contributed by atoms with Crippen molar-refractivity contribution in [2.24, 2.45) is 10.8 Å². The first-order valence-electron chi connectivity index (χ1n) is 6.15. The lowest BCUT2D eigenvalue weighted by Gasteiger charge is -2.22. The molecule has 0 atom stereocenters. The standard InChI is InChI=1S/C11H24.H3NO6S2/c1-10(2,3)8-7-9-11(4,5)6;2-8(3,4)1-9(5,6)7/h7-9H2,1-6H3;1H,(H,2,3,4)(H,5,6,7). The maximum Gasteiger partial charge on any atom is 0.348 e. The molecule has 0 amide bonds. The van der Waals surface area contributed by atoms with Crippen LogP contribution in [0.2, 0.25) is 0 Å². The molecule has 0 saturated heterocycles. The lowest BCUT2D eigenvalue weighted by atomic mass is 9.84. The molecule has 0 aromatic carbocycles. The fourth-order valence-electron chi connectivity index (χ4n) is 1.28. The highest BCUT2D eigenvalue weighted by Gasteiger charge is 2.14. The summed E-state index contributed by atoms with van der Waals surface area (Å²) < 4.78 is 54.1. The minimum atomic E-state index is -4.87. The molecule has 0 heterocycles. The molecule has 0 unspecified atom stereocenters. The van der Waals surface area contributed by atoms with Gasteiger partial charge in [0.25, 0.3) is 0 Å². The average molecular weight is 333 g/mol. The lowest BCUT2D eigenvalue weighted by molar-refractivity contribution is 0.301. The number of nitrogens with one attached hydrogen (secondary N) is 1. The van der Waals surface area contributed by atoms with Gasteiger partial charge in [0, 0.05) is 0 Å². The molecule has 0 aromatic rings. The topological polar surface area (TPSA) is 121 Å². The summed E-state index contributed by atoms with van der Waals surface area (Å²) in [5, 5.41) is 0. The number of hydrogen-bond donors (Lipinski definition) is 3. The van der Waals surface area contributed by atoms with Gasteiger partial charge in [-0.1, -0.05) is 52.1 Å². The van der Waals surface area contributed by atoms with Crippen molar-refractivity contribution < 1.29 is 25.9 Å². The Morgan fingerprint density at radius 1 is 0.750 bits per heavy atom. The van der Waals surface area contributed by atoms with Crippen LogP contribution < -0.4 is 4.13 Å². The van der Waals surface area contributed by atoms with E-state index >= 15 is 0 Å². The van der Waals surface area contributed by atoms with Crippen LogP contribution in [0.25, 0.3) is 0 Å². The van der Waals surface area contributed by atoms with Gasteiger partial charge >= 0.3 is 20.6 Å². The summed E-state index contributed by atoms with van der Waals surface area (Å²) in [6, 6.07) is 0. The van der Waals surface area contributed by atoms with Gasteiger partial charge in [-0.15, -0.1) is 0 Å². The van der Waals surface area contributed by atoms with E-state index in [4.69, 9.17) is 9.11 Å². The van der Waals surface area contributed by atoms with Crippen LogP contribution in [0.5, 0.6) is 0 Å². The van der Waals surface area contributed by atoms with E-state index in [1.165, 1.54) is 19.3 Å². The van der Waals surface area contributed by atoms with E-state index in [0.717, 1.165) is 0 Å². The largest absolute Gasteiger partial charge is 0.348 e. The third-order valence-electron chi connectivity index (χ3n) is 2.06. The summed E-state index contributed by atoms with van der Waals surface area (Å²) in [5.41, 5.74) is 1.04. The molecule has 0 aliphatic carbocycles. The monoisotopic (exact) mass is 333 g/mol. The van der Waals surface area contributed by atoms with Crippen molar-refractivity contribution in [2.75, 3.05) is 0 Å². The molecule has 0 aliphatic heterocycles. The first kappa shape index (κ1) is 22.1. The van der Waals surface area contributed by atoms with Crippen molar-refractivity contribution in [3.05, 3.63) is 0 Å². The Bertz CT molecular complexity index is 424. The minimum absolute atomic E-state index is 0.514. The van der Waals surface area contributed by atoms with E-state index < -0.39 is 20.6 Å². The maximum atomic E-state index is 9.55. The second kappa shape index (κ2) is 7.69. The molecule has 0 saturated carbocycles. The Kier molecular flexibility index (Phi) is 8.49. The second-order valence-electron chi connectivity index (χ2n) is 7.01. The van der Waals surface area contributed by atoms with Gasteiger partial charge in [0.15, 0.2) is 0 Å². The summed E-state index contributed by atoms with van der Waals surface area (Å²) in [5.74, 6) is 0. The van der Waals surface area contributed by atoms with Crippen molar-refractivity contribution in [2.45, 2.75) is 60.8 Å². The van der Waals surface area contributed by atoms with Gasteiger partial charge in [-0.3, -0.25) is 9.11 Å². The van der Waals surface area contributed by atoms with Crippen molar-refractivity contribution in [3.63, 3.8) is 0 Å². The fraction of sp³-hybridized carbons (Fsp3) is 1.00. The van der Waals surface area contributed by atoms with E-state index in [9.17, 15) is 16.8 Å². The average Bonchev–Trinajstić information content (AvgIpc) is 1.90. The van der Waals surface area contributed by atoms with Crippen LogP contribution >= 0.6 is 0 Å². The van der Waals surface area contributed by atoms with E-state index in [1.54, 1.807) is 0 Å². The zero-order valence-electron chi connectivity index (χ0n) is 13.0. The lowest BCUT2D eigenvalue weighted by Crippen LogP contribution is -2.28. The molecule has 0 bridgehead atoms. The first-order valence-corrected chi connectivity index (χ1v) is 9.03. The SMILES string of the molecule is CC(C)(C)CCCC(C)(C)C.O=S(=O)(O)NS(=O)(=O)O. The summed E-state index contributed by atoms with van der Waals surface area (Å²) in [6.07, 6.45) is 4.07. The predicted octanol–water partition coefficient (Wildman–Crippen LogP) is 2.43. The van der Waals surface area contributed by atoms with E-state index in [1.807, 2.05) is 0 Å². The van der Waals surface area contributed by atoms with Crippen molar-refractivity contribution in [1.82, 2.24) is 4.13 Å². The van der Waals surface area contributed by atoms with Crippen LogP contribution in [-0.4, -0.2) is 25.9 Å². The molecule has 7 nitrogen and oxygen atoms in total. The van der Waals surface area contributed by atoms with E-state index in [-0.39, 0.29) is 0 Å². The zero-order valence-corrected chi connectivity index (χ0v) is 14.6. The van der Waals surface area contributed by atoms with Gasteiger partial charge in [-0.25, -0.2) is 0 Å². The van der Waals surface area contributed by atoms with Crippen LogP contribution in [0.1, 0.15) is 60.8 Å². The van der Waals surface area contributed by atoms with Gasteiger partial charge in [0.1, 0.15) is 0 Å².